The Balaban J connectivity index is 2.42. The highest BCUT2D eigenvalue weighted by molar-refractivity contribution is 6.15. The van der Waals surface area contributed by atoms with E-state index in [0.29, 0.717) is 34.5 Å². The van der Waals surface area contributed by atoms with Crippen molar-refractivity contribution in [2.24, 2.45) is 5.92 Å². The molecular weight excluding hydrogens is 360 g/mol. The molecule has 0 fully saturated rings. The summed E-state index contributed by atoms with van der Waals surface area (Å²) in [6.07, 6.45) is 0. The van der Waals surface area contributed by atoms with Gasteiger partial charge in [-0.1, -0.05) is 26.0 Å². The summed E-state index contributed by atoms with van der Waals surface area (Å²) in [5.74, 6) is 0.639. The van der Waals surface area contributed by atoms with Gasteiger partial charge >= 0.3 is 0 Å². The molecule has 0 aromatic heterocycles. The van der Waals surface area contributed by atoms with Gasteiger partial charge in [0.2, 0.25) is 0 Å². The summed E-state index contributed by atoms with van der Waals surface area (Å²) >= 11 is 0. The van der Waals surface area contributed by atoms with Crippen molar-refractivity contribution in [3.05, 3.63) is 53.4 Å². The summed E-state index contributed by atoms with van der Waals surface area (Å²) < 4.78 is 21.3. The second-order valence-electron chi connectivity index (χ2n) is 6.17. The number of carbonyl (C=O) groups excluding carboxylic acids is 2. The van der Waals surface area contributed by atoms with E-state index in [2.05, 4.69) is 0 Å². The first-order valence-corrected chi connectivity index (χ1v) is 8.75. The Morgan fingerprint density at radius 2 is 1.07 bits per heavy atom. The fourth-order valence-corrected chi connectivity index (χ4v) is 2.98. The van der Waals surface area contributed by atoms with E-state index in [4.69, 9.17) is 18.9 Å². The van der Waals surface area contributed by atoms with Crippen LogP contribution in [-0.4, -0.2) is 40.0 Å². The van der Waals surface area contributed by atoms with Gasteiger partial charge in [0.05, 0.1) is 34.4 Å². The van der Waals surface area contributed by atoms with Crippen LogP contribution < -0.4 is 18.9 Å². The number of methoxy groups -OCH3 is 4. The third-order valence-electron chi connectivity index (χ3n) is 4.73. The lowest BCUT2D eigenvalue weighted by molar-refractivity contribution is 0.0882. The molecular formula is C22H25O6. The van der Waals surface area contributed by atoms with Gasteiger partial charge in [-0.15, -0.1) is 0 Å². The van der Waals surface area contributed by atoms with Gasteiger partial charge in [0.1, 0.15) is 34.1 Å². The fourth-order valence-electron chi connectivity index (χ4n) is 2.98. The molecule has 0 saturated carbocycles. The number of ether oxygens (including phenoxy) is 4. The minimum absolute atomic E-state index is 0.269. The molecule has 28 heavy (non-hydrogen) atoms. The molecule has 0 spiro atoms. The number of carbonyl (C=O) groups is 2. The van der Waals surface area contributed by atoms with Crippen molar-refractivity contribution in [3.63, 3.8) is 0 Å². The van der Waals surface area contributed by atoms with Crippen molar-refractivity contribution < 1.29 is 28.5 Å². The number of rotatable bonds is 9. The molecule has 0 N–H and O–H groups in total. The van der Waals surface area contributed by atoms with Crippen LogP contribution in [0.1, 0.15) is 34.6 Å². The van der Waals surface area contributed by atoms with Crippen LogP contribution in [0, 0.1) is 11.8 Å². The van der Waals surface area contributed by atoms with Crippen LogP contribution in [0.3, 0.4) is 0 Å². The van der Waals surface area contributed by atoms with Crippen molar-refractivity contribution >= 4 is 11.6 Å². The van der Waals surface area contributed by atoms with Crippen molar-refractivity contribution in [1.29, 1.82) is 0 Å². The number of benzene rings is 2. The fraction of sp³-hybridized carbons (Fsp3) is 0.318. The highest BCUT2D eigenvalue weighted by atomic mass is 16.5. The second-order valence-corrected chi connectivity index (χ2v) is 6.17. The highest BCUT2D eigenvalue weighted by Crippen LogP contribution is 2.36. The first-order valence-electron chi connectivity index (χ1n) is 8.75. The summed E-state index contributed by atoms with van der Waals surface area (Å²) in [4.78, 5) is 26.4. The molecule has 2 aromatic carbocycles. The first-order chi connectivity index (χ1) is 13.4. The molecule has 0 bridgehead atoms. The van der Waals surface area contributed by atoms with E-state index in [-0.39, 0.29) is 17.1 Å². The van der Waals surface area contributed by atoms with Crippen LogP contribution in [-0.2, 0) is 0 Å². The minimum Gasteiger partial charge on any atom is -0.496 e. The Bertz CT molecular complexity index is 742. The molecule has 0 amide bonds. The molecule has 6 nitrogen and oxygen atoms in total. The zero-order chi connectivity index (χ0) is 20.8. The van der Waals surface area contributed by atoms with Crippen molar-refractivity contribution in [3.8, 4) is 23.0 Å². The molecule has 6 heteroatoms. The van der Waals surface area contributed by atoms with E-state index in [1.54, 1.807) is 50.2 Å². The number of Topliss-reactive ketones (excluding diaryl/α,β-unsaturated/α-hetero) is 2. The van der Waals surface area contributed by atoms with E-state index in [0.717, 1.165) is 0 Å². The van der Waals surface area contributed by atoms with Gasteiger partial charge < -0.3 is 18.9 Å². The lowest BCUT2D eigenvalue weighted by Crippen LogP contribution is -2.25. The molecule has 2 aromatic rings. The third-order valence-corrected chi connectivity index (χ3v) is 4.73. The van der Waals surface area contributed by atoms with Crippen LogP contribution in [0.15, 0.2) is 36.4 Å². The zero-order valence-electron chi connectivity index (χ0n) is 17.0. The topological polar surface area (TPSA) is 71.1 Å². The van der Waals surface area contributed by atoms with E-state index < -0.39 is 5.92 Å². The quantitative estimate of drug-likeness (QED) is 0.607. The zero-order valence-corrected chi connectivity index (χ0v) is 17.0. The van der Waals surface area contributed by atoms with Crippen LogP contribution >= 0.6 is 0 Å². The van der Waals surface area contributed by atoms with Gasteiger partial charge in [-0.3, -0.25) is 9.59 Å². The maximum absolute atomic E-state index is 13.2. The summed E-state index contributed by atoms with van der Waals surface area (Å²) in [5, 5.41) is 0. The Labute approximate surface area is 165 Å². The predicted octanol–water partition coefficient (Wildman–Crippen LogP) is 4.02. The van der Waals surface area contributed by atoms with Crippen LogP contribution in [0.2, 0.25) is 0 Å². The largest absolute Gasteiger partial charge is 0.496 e. The number of ketones is 2. The smallest absolute Gasteiger partial charge is 0.177 e. The van der Waals surface area contributed by atoms with E-state index in [1.165, 1.54) is 28.4 Å². The molecule has 1 unspecified atom stereocenters. The Morgan fingerprint density at radius 3 is 1.43 bits per heavy atom. The Hall–Kier alpha value is -3.02. The van der Waals surface area contributed by atoms with Gasteiger partial charge in [-0.05, 0) is 24.3 Å². The number of hydrogen-bond donors (Lipinski definition) is 0. The van der Waals surface area contributed by atoms with Crippen molar-refractivity contribution in [1.82, 2.24) is 0 Å². The molecule has 2 rings (SSSR count). The molecule has 0 aliphatic rings. The summed E-state index contributed by atoms with van der Waals surface area (Å²) in [7, 11) is 5.93. The average Bonchev–Trinajstić information content (AvgIpc) is 2.75. The number of hydrogen-bond acceptors (Lipinski definition) is 6. The van der Waals surface area contributed by atoms with Crippen LogP contribution in [0.25, 0.3) is 0 Å². The van der Waals surface area contributed by atoms with E-state index >= 15 is 0 Å². The summed E-state index contributed by atoms with van der Waals surface area (Å²) in [6.45, 7) is 3.32. The minimum atomic E-state index is -0.702. The maximum Gasteiger partial charge on any atom is 0.177 e. The standard InChI is InChI=1S/C22H25O6/c1-13(21(23)19-15(25-3)9-7-10-16(19)26-4)14(2)22(24)20-17(27-5)11-8-12-18(20)28-6/h7-13H,1-6H3. The molecule has 0 aliphatic carbocycles. The molecule has 0 heterocycles. The monoisotopic (exact) mass is 385 g/mol. The Kier molecular flexibility index (Phi) is 7.04. The average molecular weight is 385 g/mol. The van der Waals surface area contributed by atoms with Gasteiger partial charge in [0, 0.05) is 5.92 Å². The summed E-state index contributed by atoms with van der Waals surface area (Å²) in [6, 6.07) is 10.2. The highest BCUT2D eigenvalue weighted by Gasteiger charge is 2.34. The first kappa shape index (κ1) is 21.3. The SMILES string of the molecule is COc1cccc(OC)c1C(=O)[C](C)C(C)C(=O)c1c(OC)cccc1OC. The van der Waals surface area contributed by atoms with Gasteiger partial charge in [-0.2, -0.15) is 0 Å². The third kappa shape index (κ3) is 3.96. The molecule has 149 valence electrons. The van der Waals surface area contributed by atoms with Gasteiger partial charge in [-0.25, -0.2) is 0 Å². The molecule has 0 aliphatic heterocycles. The molecule has 0 saturated heterocycles. The van der Waals surface area contributed by atoms with E-state index in [9.17, 15) is 9.59 Å². The van der Waals surface area contributed by atoms with Crippen LogP contribution in [0.4, 0.5) is 0 Å². The van der Waals surface area contributed by atoms with Crippen molar-refractivity contribution in [2.75, 3.05) is 28.4 Å². The molecule has 1 radical (unpaired) electrons. The second kappa shape index (κ2) is 9.26. The maximum atomic E-state index is 13.2. The lowest BCUT2D eigenvalue weighted by atomic mass is 9.82. The normalized spacial score (nSPS) is 11.7. The van der Waals surface area contributed by atoms with Gasteiger partial charge in [0.25, 0.3) is 0 Å². The summed E-state index contributed by atoms with van der Waals surface area (Å²) in [5.41, 5.74) is 0.593. The Morgan fingerprint density at radius 1 is 0.714 bits per heavy atom. The molecule has 1 atom stereocenters. The predicted molar refractivity (Wildman–Crippen MR) is 106 cm³/mol. The van der Waals surface area contributed by atoms with Crippen LogP contribution in [0.5, 0.6) is 23.0 Å². The van der Waals surface area contributed by atoms with Crippen molar-refractivity contribution in [2.45, 2.75) is 13.8 Å². The van der Waals surface area contributed by atoms with Gasteiger partial charge in [0.15, 0.2) is 11.6 Å². The van der Waals surface area contributed by atoms with E-state index in [1.807, 2.05) is 0 Å². The lowest BCUT2D eigenvalue weighted by Gasteiger charge is -2.21.